The zero-order valence-electron chi connectivity index (χ0n) is 15.7. The third-order valence-corrected chi connectivity index (χ3v) is 6.67. The van der Waals surface area contributed by atoms with Crippen LogP contribution in [0.3, 0.4) is 0 Å². The summed E-state index contributed by atoms with van der Waals surface area (Å²) in [5.74, 6) is -1.58. The Labute approximate surface area is 174 Å². The number of H-pyrrole nitrogens is 1. The van der Waals surface area contributed by atoms with Crippen LogP contribution in [0.15, 0.2) is 53.4 Å². The topological polar surface area (TPSA) is 121 Å². The van der Waals surface area contributed by atoms with Gasteiger partial charge < -0.3 is 0 Å². The summed E-state index contributed by atoms with van der Waals surface area (Å²) in [5.41, 5.74) is 0.105. The van der Waals surface area contributed by atoms with Crippen molar-refractivity contribution in [2.24, 2.45) is 0 Å². The van der Waals surface area contributed by atoms with E-state index in [1.165, 1.54) is 0 Å². The second-order valence-electron chi connectivity index (χ2n) is 6.80. The van der Waals surface area contributed by atoms with Crippen molar-refractivity contribution in [1.29, 1.82) is 0 Å². The highest BCUT2D eigenvalue weighted by molar-refractivity contribution is 7.89. The Hall–Kier alpha value is -3.32. The van der Waals surface area contributed by atoms with Gasteiger partial charge in [-0.25, -0.2) is 8.42 Å². The van der Waals surface area contributed by atoms with E-state index in [-0.39, 0.29) is 19.0 Å². The van der Waals surface area contributed by atoms with Crippen molar-refractivity contribution in [2.45, 2.75) is 23.5 Å². The largest absolute Gasteiger partial charge is 0.416 e. The van der Waals surface area contributed by atoms with Crippen molar-refractivity contribution >= 4 is 21.9 Å². The number of anilines is 1. The molecule has 13 heteroatoms. The fourth-order valence-corrected chi connectivity index (χ4v) is 4.85. The molecule has 1 aliphatic heterocycles. The third kappa shape index (κ3) is 4.14. The van der Waals surface area contributed by atoms with Crippen LogP contribution in [-0.2, 0) is 27.5 Å². The zero-order valence-corrected chi connectivity index (χ0v) is 16.5. The molecule has 162 valence electrons. The minimum absolute atomic E-state index is 0.0826. The molecule has 2 aromatic carbocycles. The number of rotatable bonds is 4. The van der Waals surface area contributed by atoms with Crippen molar-refractivity contribution in [3.8, 4) is 0 Å². The molecule has 1 aromatic heterocycles. The van der Waals surface area contributed by atoms with E-state index in [0.717, 1.165) is 22.5 Å². The number of carbonyl (C=O) groups is 1. The van der Waals surface area contributed by atoms with Gasteiger partial charge in [0.2, 0.25) is 15.9 Å². The maximum absolute atomic E-state index is 13.1. The summed E-state index contributed by atoms with van der Waals surface area (Å²) >= 11 is 0. The van der Waals surface area contributed by atoms with Crippen LogP contribution < -0.4 is 5.32 Å². The van der Waals surface area contributed by atoms with E-state index in [4.69, 9.17) is 0 Å². The quantitative estimate of drug-likeness (QED) is 0.626. The molecule has 3 aromatic rings. The Balaban J connectivity index is 1.69. The summed E-state index contributed by atoms with van der Waals surface area (Å²) in [6, 6.07) is 10.3. The average molecular weight is 452 g/mol. The monoisotopic (exact) mass is 452 g/mol. The summed E-state index contributed by atoms with van der Waals surface area (Å²) < 4.78 is 66.5. The molecule has 0 fully saturated rings. The zero-order chi connectivity index (χ0) is 22.2. The third-order valence-electron chi connectivity index (χ3n) is 4.86. The second-order valence-corrected chi connectivity index (χ2v) is 8.74. The molecule has 0 saturated heterocycles. The van der Waals surface area contributed by atoms with Gasteiger partial charge in [0.05, 0.1) is 16.4 Å². The molecular weight excluding hydrogens is 437 g/mol. The molecule has 2 N–H and O–H groups in total. The highest BCUT2D eigenvalue weighted by Gasteiger charge is 2.38. The summed E-state index contributed by atoms with van der Waals surface area (Å²) in [4.78, 5) is 12.3. The Morgan fingerprint density at radius 3 is 2.65 bits per heavy atom. The van der Waals surface area contributed by atoms with E-state index in [0.29, 0.717) is 17.2 Å². The van der Waals surface area contributed by atoms with Gasteiger partial charge in [0, 0.05) is 13.1 Å². The van der Waals surface area contributed by atoms with Crippen LogP contribution in [0.5, 0.6) is 0 Å². The number of nitrogens with one attached hydrogen (secondary N) is 2. The number of tetrazole rings is 1. The number of benzene rings is 2. The first-order valence-electron chi connectivity index (χ1n) is 8.96. The Morgan fingerprint density at radius 1 is 1.16 bits per heavy atom. The highest BCUT2D eigenvalue weighted by atomic mass is 32.2. The number of fused-ring (bicyclic) bond motifs is 1. The fraction of sp³-hybridized carbons (Fsp3) is 0.222. The number of hydrogen-bond acceptors (Lipinski definition) is 6. The maximum atomic E-state index is 13.1. The number of aromatic amines is 1. The number of halogens is 3. The SMILES string of the molecule is O=C(Nc1nn[nH]n1)[C@@H]1CN(S(=O)(=O)c2cccc(C(F)(F)F)c2)Cc2ccccc21. The van der Waals surface area contributed by atoms with Crippen molar-refractivity contribution in [2.75, 3.05) is 11.9 Å². The number of amides is 1. The molecule has 0 spiro atoms. The van der Waals surface area contributed by atoms with Gasteiger partial charge in [-0.1, -0.05) is 35.4 Å². The lowest BCUT2D eigenvalue weighted by molar-refractivity contribution is -0.137. The van der Waals surface area contributed by atoms with E-state index in [2.05, 4.69) is 25.9 Å². The van der Waals surface area contributed by atoms with Crippen LogP contribution in [-0.4, -0.2) is 45.8 Å². The van der Waals surface area contributed by atoms with Gasteiger partial charge in [-0.2, -0.15) is 22.7 Å². The Kier molecular flexibility index (Phi) is 5.23. The van der Waals surface area contributed by atoms with Crippen molar-refractivity contribution in [3.05, 3.63) is 65.2 Å². The van der Waals surface area contributed by atoms with Gasteiger partial charge >= 0.3 is 6.18 Å². The molecule has 0 unspecified atom stereocenters. The van der Waals surface area contributed by atoms with Gasteiger partial charge in [-0.15, -0.1) is 5.10 Å². The summed E-state index contributed by atoms with van der Waals surface area (Å²) in [6.45, 7) is -0.347. The molecule has 0 bridgehead atoms. The van der Waals surface area contributed by atoms with E-state index in [9.17, 15) is 26.4 Å². The second kappa shape index (κ2) is 7.74. The average Bonchev–Trinajstić information content (AvgIpc) is 3.25. The number of sulfonamides is 1. The van der Waals surface area contributed by atoms with Gasteiger partial charge in [0.25, 0.3) is 5.95 Å². The number of alkyl halides is 3. The van der Waals surface area contributed by atoms with Crippen LogP contribution in [0.1, 0.15) is 22.6 Å². The van der Waals surface area contributed by atoms with Crippen molar-refractivity contribution in [1.82, 2.24) is 24.9 Å². The molecule has 4 rings (SSSR count). The number of aromatic nitrogens is 4. The lowest BCUT2D eigenvalue weighted by Crippen LogP contribution is -2.42. The number of nitrogens with zero attached hydrogens (tertiary/aromatic N) is 4. The Morgan fingerprint density at radius 2 is 1.94 bits per heavy atom. The molecule has 1 aliphatic rings. The van der Waals surface area contributed by atoms with Crippen molar-refractivity contribution in [3.63, 3.8) is 0 Å². The molecule has 0 radical (unpaired) electrons. The van der Waals surface area contributed by atoms with E-state index in [1.807, 2.05) is 0 Å². The summed E-state index contributed by atoms with van der Waals surface area (Å²) in [6.07, 6.45) is -4.69. The van der Waals surface area contributed by atoms with Gasteiger partial charge in [-0.05, 0) is 34.5 Å². The van der Waals surface area contributed by atoms with E-state index < -0.39 is 38.5 Å². The summed E-state index contributed by atoms with van der Waals surface area (Å²) in [7, 11) is -4.31. The maximum Gasteiger partial charge on any atom is 0.416 e. The molecule has 9 nitrogen and oxygen atoms in total. The van der Waals surface area contributed by atoms with Crippen LogP contribution in [0, 0.1) is 0 Å². The lowest BCUT2D eigenvalue weighted by atomic mass is 9.90. The molecule has 31 heavy (non-hydrogen) atoms. The van der Waals surface area contributed by atoms with Crippen LogP contribution in [0.25, 0.3) is 0 Å². The highest BCUT2D eigenvalue weighted by Crippen LogP contribution is 2.35. The first-order valence-corrected chi connectivity index (χ1v) is 10.4. The molecular formula is C18H15F3N6O3S. The van der Waals surface area contributed by atoms with Gasteiger partial charge in [0.15, 0.2) is 0 Å². The summed E-state index contributed by atoms with van der Waals surface area (Å²) in [5, 5.41) is 15.2. The first-order chi connectivity index (χ1) is 14.7. The molecule has 2 heterocycles. The van der Waals surface area contributed by atoms with Crippen LogP contribution in [0.2, 0.25) is 0 Å². The number of carbonyl (C=O) groups excluding carboxylic acids is 1. The molecule has 1 amide bonds. The molecule has 0 saturated carbocycles. The Bertz CT molecular complexity index is 1210. The normalized spacial score (nSPS) is 17.2. The van der Waals surface area contributed by atoms with Crippen molar-refractivity contribution < 1.29 is 26.4 Å². The smallest absolute Gasteiger partial charge is 0.291 e. The standard InChI is InChI=1S/C18H15F3N6O3S/c19-18(20,21)12-5-3-6-13(8-12)31(29,30)27-9-11-4-1-2-7-14(11)15(10-27)16(28)22-17-23-25-26-24-17/h1-8,15H,9-10H2,(H2,22,23,24,25,26,28)/t15-/m1/s1. The first kappa shape index (κ1) is 20.9. The fourth-order valence-electron chi connectivity index (χ4n) is 3.38. The predicted molar refractivity (Wildman–Crippen MR) is 101 cm³/mol. The lowest BCUT2D eigenvalue weighted by Gasteiger charge is -2.33. The van der Waals surface area contributed by atoms with E-state index in [1.54, 1.807) is 24.3 Å². The van der Waals surface area contributed by atoms with Gasteiger partial charge in [-0.3, -0.25) is 10.1 Å². The minimum atomic E-state index is -4.69. The van der Waals surface area contributed by atoms with Gasteiger partial charge in [0.1, 0.15) is 0 Å². The molecule has 1 atom stereocenters. The van der Waals surface area contributed by atoms with Crippen LogP contribution >= 0.6 is 0 Å². The minimum Gasteiger partial charge on any atom is -0.291 e. The van der Waals surface area contributed by atoms with Crippen LogP contribution in [0.4, 0.5) is 19.1 Å². The predicted octanol–water partition coefficient (Wildman–Crippen LogP) is 2.15. The van der Waals surface area contributed by atoms with E-state index >= 15 is 0 Å². The number of hydrogen-bond donors (Lipinski definition) is 2. The molecule has 0 aliphatic carbocycles.